The highest BCUT2D eigenvalue weighted by atomic mass is 32.2. The Bertz CT molecular complexity index is 1320. The van der Waals surface area contributed by atoms with Gasteiger partial charge in [0.05, 0.1) is 11.3 Å². The molecule has 0 spiro atoms. The Morgan fingerprint density at radius 3 is 2.61 bits per heavy atom. The van der Waals surface area contributed by atoms with Gasteiger partial charge in [0, 0.05) is 38.4 Å². The van der Waals surface area contributed by atoms with Crippen molar-refractivity contribution in [2.75, 3.05) is 5.32 Å². The summed E-state index contributed by atoms with van der Waals surface area (Å²) in [6.07, 6.45) is 1.59. The molecular weight excluding hydrogens is 438 g/mol. The molecular formula is C23H14F2N2O2S2. The normalized spacial score (nSPS) is 12.6. The first-order chi connectivity index (χ1) is 15.0. The van der Waals surface area contributed by atoms with E-state index in [0.29, 0.717) is 25.2 Å². The van der Waals surface area contributed by atoms with Gasteiger partial charge in [-0.05, 0) is 42.5 Å². The molecule has 0 radical (unpaired) electrons. The van der Waals surface area contributed by atoms with E-state index in [-0.39, 0.29) is 23.4 Å². The second kappa shape index (κ2) is 7.79. The summed E-state index contributed by atoms with van der Waals surface area (Å²) in [7, 11) is 0. The summed E-state index contributed by atoms with van der Waals surface area (Å²) >= 11 is 2.48. The summed E-state index contributed by atoms with van der Waals surface area (Å²) in [4.78, 5) is 18.5. The average molecular weight is 453 g/mol. The first-order valence-electron chi connectivity index (χ1n) is 9.33. The Labute approximate surface area is 184 Å². The molecule has 4 nitrogen and oxygen atoms in total. The largest absolute Gasteiger partial charge is 0.508 e. The average Bonchev–Trinajstić information content (AvgIpc) is 3.17. The molecule has 3 aromatic carbocycles. The number of amides is 1. The zero-order valence-corrected chi connectivity index (χ0v) is 17.5. The minimum atomic E-state index is -0.775. The smallest absolute Gasteiger partial charge is 0.256 e. The SMILES string of the molecule is O=C1Nc2c(cc(F)c(Cc3cnc(-c4ccc(O)cc4)s3)c2F)Sc2ccccc21. The van der Waals surface area contributed by atoms with Crippen molar-refractivity contribution in [1.82, 2.24) is 4.98 Å². The monoisotopic (exact) mass is 452 g/mol. The molecule has 8 heteroatoms. The van der Waals surface area contributed by atoms with Crippen LogP contribution in [0.25, 0.3) is 10.6 Å². The Morgan fingerprint density at radius 2 is 1.81 bits per heavy atom. The number of nitrogens with one attached hydrogen (secondary N) is 1. The number of phenolic OH excluding ortho intramolecular Hbond substituents is 1. The molecule has 0 aliphatic carbocycles. The van der Waals surface area contributed by atoms with E-state index in [1.54, 1.807) is 54.7 Å². The lowest BCUT2D eigenvalue weighted by atomic mass is 10.1. The third-order valence-corrected chi connectivity index (χ3v) is 7.05. The van der Waals surface area contributed by atoms with E-state index in [4.69, 9.17) is 0 Å². The van der Waals surface area contributed by atoms with Crippen molar-refractivity contribution in [3.8, 4) is 16.3 Å². The number of hydrogen-bond acceptors (Lipinski definition) is 5. The van der Waals surface area contributed by atoms with Crippen LogP contribution in [0.2, 0.25) is 0 Å². The van der Waals surface area contributed by atoms with Gasteiger partial charge < -0.3 is 10.4 Å². The van der Waals surface area contributed by atoms with Crippen molar-refractivity contribution in [3.05, 3.63) is 88.4 Å². The van der Waals surface area contributed by atoms with Crippen LogP contribution in [0.5, 0.6) is 5.75 Å². The van der Waals surface area contributed by atoms with E-state index < -0.39 is 17.5 Å². The van der Waals surface area contributed by atoms with E-state index in [2.05, 4.69) is 10.3 Å². The molecule has 1 aliphatic heterocycles. The molecule has 2 N–H and O–H groups in total. The molecule has 5 rings (SSSR count). The maximum absolute atomic E-state index is 15.3. The summed E-state index contributed by atoms with van der Waals surface area (Å²) < 4.78 is 30.2. The lowest BCUT2D eigenvalue weighted by Crippen LogP contribution is -2.14. The minimum Gasteiger partial charge on any atom is -0.508 e. The van der Waals surface area contributed by atoms with Gasteiger partial charge in [0.1, 0.15) is 16.6 Å². The van der Waals surface area contributed by atoms with Gasteiger partial charge in [-0.3, -0.25) is 4.79 Å². The van der Waals surface area contributed by atoms with Crippen molar-refractivity contribution in [2.24, 2.45) is 0 Å². The molecule has 4 aromatic rings. The molecule has 1 amide bonds. The molecule has 2 heterocycles. The van der Waals surface area contributed by atoms with E-state index in [1.165, 1.54) is 17.4 Å². The molecule has 0 saturated carbocycles. The molecule has 1 aliphatic rings. The van der Waals surface area contributed by atoms with Crippen molar-refractivity contribution >= 4 is 34.7 Å². The second-order valence-corrected chi connectivity index (χ2v) is 9.13. The van der Waals surface area contributed by atoms with Gasteiger partial charge in [0.2, 0.25) is 0 Å². The molecule has 0 atom stereocenters. The van der Waals surface area contributed by atoms with E-state index in [1.807, 2.05) is 0 Å². The van der Waals surface area contributed by atoms with Crippen LogP contribution < -0.4 is 5.32 Å². The predicted molar refractivity (Wildman–Crippen MR) is 117 cm³/mol. The number of thiazole rings is 1. The number of aromatic nitrogens is 1. The number of halogens is 2. The molecule has 31 heavy (non-hydrogen) atoms. The van der Waals surface area contributed by atoms with Crippen molar-refractivity contribution in [1.29, 1.82) is 0 Å². The number of benzene rings is 3. The van der Waals surface area contributed by atoms with Crippen LogP contribution in [0.4, 0.5) is 14.5 Å². The van der Waals surface area contributed by atoms with E-state index in [9.17, 15) is 14.3 Å². The summed E-state index contributed by atoms with van der Waals surface area (Å²) in [6, 6.07) is 14.7. The Morgan fingerprint density at radius 1 is 1.03 bits per heavy atom. The van der Waals surface area contributed by atoms with Crippen LogP contribution in [-0.2, 0) is 6.42 Å². The van der Waals surface area contributed by atoms with Crippen LogP contribution in [0.15, 0.2) is 70.6 Å². The fraction of sp³-hybridized carbons (Fsp3) is 0.0435. The highest BCUT2D eigenvalue weighted by Gasteiger charge is 2.26. The lowest BCUT2D eigenvalue weighted by molar-refractivity contribution is 0.102. The first-order valence-corrected chi connectivity index (χ1v) is 11.0. The number of fused-ring (bicyclic) bond motifs is 2. The summed E-state index contributed by atoms with van der Waals surface area (Å²) in [5.74, 6) is -1.72. The van der Waals surface area contributed by atoms with Crippen LogP contribution in [0.1, 0.15) is 20.8 Å². The Hall–Kier alpha value is -3.23. The number of hydrogen-bond donors (Lipinski definition) is 2. The summed E-state index contributed by atoms with van der Waals surface area (Å²) in [6.45, 7) is 0. The van der Waals surface area contributed by atoms with Crippen LogP contribution in [0, 0.1) is 11.6 Å². The number of rotatable bonds is 3. The molecule has 0 saturated heterocycles. The van der Waals surface area contributed by atoms with Crippen molar-refractivity contribution < 1.29 is 18.7 Å². The summed E-state index contributed by atoms with van der Waals surface area (Å²) in [5.41, 5.74) is 1.10. The fourth-order valence-corrected chi connectivity index (χ4v) is 5.33. The number of nitrogens with zero attached hydrogens (tertiary/aromatic N) is 1. The number of phenols is 1. The lowest BCUT2D eigenvalue weighted by Gasteiger charge is -2.12. The zero-order chi connectivity index (χ0) is 21.5. The molecule has 0 fully saturated rings. The van der Waals surface area contributed by atoms with Crippen molar-refractivity contribution in [2.45, 2.75) is 16.2 Å². The quantitative estimate of drug-likeness (QED) is 0.394. The molecule has 1 aromatic heterocycles. The highest BCUT2D eigenvalue weighted by molar-refractivity contribution is 7.99. The van der Waals surface area contributed by atoms with Gasteiger partial charge in [-0.2, -0.15) is 0 Å². The Balaban J connectivity index is 1.49. The Kier molecular flexibility index (Phi) is 4.95. The zero-order valence-electron chi connectivity index (χ0n) is 15.9. The van der Waals surface area contributed by atoms with Gasteiger partial charge in [0.25, 0.3) is 5.91 Å². The predicted octanol–water partition coefficient (Wildman–Crippen LogP) is 6.10. The highest BCUT2D eigenvalue weighted by Crippen LogP contribution is 2.42. The van der Waals surface area contributed by atoms with Crippen molar-refractivity contribution in [3.63, 3.8) is 0 Å². The van der Waals surface area contributed by atoms with Crippen LogP contribution in [-0.4, -0.2) is 16.0 Å². The third-order valence-electron chi connectivity index (χ3n) is 4.89. The number of carbonyl (C=O) groups excluding carboxylic acids is 1. The van der Waals surface area contributed by atoms with Gasteiger partial charge in [-0.25, -0.2) is 13.8 Å². The number of anilines is 1. The topological polar surface area (TPSA) is 62.2 Å². The maximum Gasteiger partial charge on any atom is 0.256 e. The molecule has 0 bridgehead atoms. The summed E-state index contributed by atoms with van der Waals surface area (Å²) in [5, 5.41) is 12.7. The van der Waals surface area contributed by atoms with E-state index >= 15 is 4.39 Å². The third kappa shape index (κ3) is 3.68. The van der Waals surface area contributed by atoms with Gasteiger partial charge >= 0.3 is 0 Å². The second-order valence-electron chi connectivity index (χ2n) is 6.93. The number of aromatic hydroxyl groups is 1. The maximum atomic E-state index is 15.3. The van der Waals surface area contributed by atoms with Gasteiger partial charge in [0.15, 0.2) is 5.82 Å². The van der Waals surface area contributed by atoms with E-state index in [0.717, 1.165) is 17.3 Å². The number of carbonyl (C=O) groups is 1. The fourth-order valence-electron chi connectivity index (χ4n) is 3.34. The first kappa shape index (κ1) is 19.7. The van der Waals surface area contributed by atoms with Crippen LogP contribution in [0.3, 0.4) is 0 Å². The molecule has 0 unspecified atom stereocenters. The standard InChI is InChI=1S/C23H14F2N2O2S2/c24-17-10-19-21(27-22(29)15-3-1-2-4-18(15)31-19)20(25)16(17)9-14-11-26-23(30-14)12-5-7-13(28)8-6-12/h1-8,10-11,28H,9H2,(H,27,29). The van der Waals surface area contributed by atoms with Gasteiger partial charge in [-0.15, -0.1) is 11.3 Å². The minimum absolute atomic E-state index is 0.00812. The molecule has 154 valence electrons. The van der Waals surface area contributed by atoms with Crippen LogP contribution >= 0.6 is 23.1 Å². The van der Waals surface area contributed by atoms with Gasteiger partial charge in [-0.1, -0.05) is 23.9 Å².